The molecular formula is C11H22N2O2. The van der Waals surface area contributed by atoms with E-state index >= 15 is 0 Å². The van der Waals surface area contributed by atoms with E-state index in [2.05, 4.69) is 0 Å². The van der Waals surface area contributed by atoms with Crippen LogP contribution < -0.4 is 0 Å². The fourth-order valence-corrected chi connectivity index (χ4v) is 2.60. The first-order valence-corrected chi connectivity index (χ1v) is 5.56. The van der Waals surface area contributed by atoms with Crippen molar-refractivity contribution in [3.05, 3.63) is 0 Å². The molecule has 0 aliphatic carbocycles. The molecule has 1 aliphatic heterocycles. The lowest BCUT2D eigenvalue weighted by molar-refractivity contribution is -0.255. The summed E-state index contributed by atoms with van der Waals surface area (Å²) in [7, 11) is 1.80. The lowest BCUT2D eigenvalue weighted by atomic mass is 9.83. The van der Waals surface area contributed by atoms with Crippen molar-refractivity contribution in [1.29, 1.82) is 0 Å². The van der Waals surface area contributed by atoms with Crippen molar-refractivity contribution in [1.82, 2.24) is 9.96 Å². The Morgan fingerprint density at radius 1 is 1.33 bits per heavy atom. The minimum absolute atomic E-state index is 0.0225. The van der Waals surface area contributed by atoms with Crippen LogP contribution in [0.1, 0.15) is 40.5 Å². The summed E-state index contributed by atoms with van der Waals surface area (Å²) in [6.07, 6.45) is 1.26. The van der Waals surface area contributed by atoms with Crippen molar-refractivity contribution >= 4 is 5.91 Å². The second kappa shape index (κ2) is 3.76. The zero-order valence-corrected chi connectivity index (χ0v) is 10.4. The van der Waals surface area contributed by atoms with Crippen LogP contribution in [0.2, 0.25) is 0 Å². The molecule has 88 valence electrons. The van der Waals surface area contributed by atoms with Crippen molar-refractivity contribution in [3.8, 4) is 0 Å². The van der Waals surface area contributed by atoms with Crippen LogP contribution in [0.15, 0.2) is 0 Å². The molecule has 1 fully saturated rings. The van der Waals surface area contributed by atoms with E-state index in [1.54, 1.807) is 11.9 Å². The quantitative estimate of drug-likeness (QED) is 0.757. The molecule has 1 heterocycles. The normalized spacial score (nSPS) is 25.7. The average Bonchev–Trinajstić information content (AvgIpc) is 2.17. The predicted molar refractivity (Wildman–Crippen MR) is 58.7 cm³/mol. The van der Waals surface area contributed by atoms with Crippen molar-refractivity contribution in [2.24, 2.45) is 0 Å². The van der Waals surface area contributed by atoms with Gasteiger partial charge in [-0.2, -0.15) is 5.06 Å². The summed E-state index contributed by atoms with van der Waals surface area (Å²) in [6, 6.07) is 0. The van der Waals surface area contributed by atoms with Crippen molar-refractivity contribution in [2.45, 2.75) is 51.6 Å². The van der Waals surface area contributed by atoms with Crippen LogP contribution in [-0.2, 0) is 4.79 Å². The number of likely N-dealkylation sites (N-methyl/N-ethyl adjacent to an activating group) is 1. The van der Waals surface area contributed by atoms with Gasteiger partial charge in [-0.15, -0.1) is 0 Å². The zero-order valence-electron chi connectivity index (χ0n) is 10.4. The molecule has 0 radical (unpaired) electrons. The van der Waals surface area contributed by atoms with Gasteiger partial charge in [0.25, 0.3) is 0 Å². The highest BCUT2D eigenvalue weighted by Crippen LogP contribution is 2.35. The molecular weight excluding hydrogens is 192 g/mol. The van der Waals surface area contributed by atoms with Crippen LogP contribution in [0.4, 0.5) is 0 Å². The Morgan fingerprint density at radius 2 is 1.80 bits per heavy atom. The molecule has 1 rings (SSSR count). The maximum absolute atomic E-state index is 12.1. The number of rotatable bonds is 2. The Labute approximate surface area is 91.8 Å². The first-order valence-electron chi connectivity index (χ1n) is 5.56. The van der Waals surface area contributed by atoms with E-state index in [-0.39, 0.29) is 11.4 Å². The van der Waals surface area contributed by atoms with Crippen LogP contribution >= 0.6 is 0 Å². The standard InChI is InChI=1S/C11H22N2O2/c1-6-11(7-2)9(14)12(5)8-10(3,4)13(11)15/h15H,6-8H2,1-5H3. The second-order valence-corrected chi connectivity index (χ2v) is 5.02. The van der Waals surface area contributed by atoms with E-state index < -0.39 is 5.54 Å². The summed E-state index contributed by atoms with van der Waals surface area (Å²) in [5, 5.41) is 11.5. The molecule has 15 heavy (non-hydrogen) atoms. The number of hydroxylamine groups is 2. The van der Waals surface area contributed by atoms with Crippen molar-refractivity contribution in [2.75, 3.05) is 13.6 Å². The minimum Gasteiger partial charge on any atom is -0.342 e. The summed E-state index contributed by atoms with van der Waals surface area (Å²) in [6.45, 7) is 8.36. The smallest absolute Gasteiger partial charge is 0.245 e. The molecule has 1 saturated heterocycles. The van der Waals surface area contributed by atoms with Gasteiger partial charge in [-0.05, 0) is 26.7 Å². The van der Waals surface area contributed by atoms with Gasteiger partial charge < -0.3 is 10.1 Å². The van der Waals surface area contributed by atoms with Gasteiger partial charge in [0.15, 0.2) is 0 Å². The van der Waals surface area contributed by atoms with Crippen molar-refractivity contribution in [3.63, 3.8) is 0 Å². The average molecular weight is 214 g/mol. The lowest BCUT2D eigenvalue weighted by Gasteiger charge is -2.53. The molecule has 0 unspecified atom stereocenters. The Hall–Kier alpha value is -0.610. The third kappa shape index (κ3) is 1.66. The molecule has 4 heteroatoms. The summed E-state index contributed by atoms with van der Waals surface area (Å²) in [5.74, 6) is 0.0225. The summed E-state index contributed by atoms with van der Waals surface area (Å²) < 4.78 is 0. The Balaban J connectivity index is 3.15. The fraction of sp³-hybridized carbons (Fsp3) is 0.909. The number of hydrogen-bond acceptors (Lipinski definition) is 3. The van der Waals surface area contributed by atoms with Gasteiger partial charge in [-0.3, -0.25) is 4.79 Å². The molecule has 0 aromatic rings. The Bertz CT molecular complexity index is 259. The Morgan fingerprint density at radius 3 is 2.20 bits per heavy atom. The Kier molecular flexibility index (Phi) is 3.12. The van der Waals surface area contributed by atoms with Gasteiger partial charge in [0.1, 0.15) is 5.54 Å². The van der Waals surface area contributed by atoms with E-state index in [4.69, 9.17) is 0 Å². The van der Waals surface area contributed by atoms with Gasteiger partial charge in [0, 0.05) is 13.6 Å². The lowest BCUT2D eigenvalue weighted by Crippen LogP contribution is -2.71. The van der Waals surface area contributed by atoms with E-state index in [0.717, 1.165) is 0 Å². The largest absolute Gasteiger partial charge is 0.342 e. The van der Waals surface area contributed by atoms with E-state index in [1.165, 1.54) is 5.06 Å². The fourth-order valence-electron chi connectivity index (χ4n) is 2.60. The number of nitrogens with zero attached hydrogens (tertiary/aromatic N) is 2. The maximum Gasteiger partial charge on any atom is 0.245 e. The third-order valence-corrected chi connectivity index (χ3v) is 3.52. The van der Waals surface area contributed by atoms with E-state index in [1.807, 2.05) is 27.7 Å². The van der Waals surface area contributed by atoms with Crippen molar-refractivity contribution < 1.29 is 10.0 Å². The third-order valence-electron chi connectivity index (χ3n) is 3.52. The predicted octanol–water partition coefficient (Wildman–Crippen LogP) is 1.49. The maximum atomic E-state index is 12.1. The monoisotopic (exact) mass is 214 g/mol. The number of carbonyl (C=O) groups excluding carboxylic acids is 1. The first kappa shape index (κ1) is 12.5. The van der Waals surface area contributed by atoms with Gasteiger partial charge in [-0.25, -0.2) is 0 Å². The minimum atomic E-state index is -0.740. The number of carbonyl (C=O) groups is 1. The molecule has 4 nitrogen and oxygen atoms in total. The number of piperazine rings is 1. The molecule has 0 aromatic carbocycles. The topological polar surface area (TPSA) is 43.8 Å². The van der Waals surface area contributed by atoms with Crippen LogP contribution in [0.3, 0.4) is 0 Å². The summed E-state index contributed by atoms with van der Waals surface area (Å²) in [5.41, 5.74) is -1.12. The van der Waals surface area contributed by atoms with E-state index in [9.17, 15) is 10.0 Å². The first-order chi connectivity index (χ1) is 6.81. The molecule has 0 spiro atoms. The second-order valence-electron chi connectivity index (χ2n) is 5.02. The summed E-state index contributed by atoms with van der Waals surface area (Å²) in [4.78, 5) is 13.9. The van der Waals surface area contributed by atoms with Gasteiger partial charge in [-0.1, -0.05) is 13.8 Å². The number of amides is 1. The molecule has 1 N–H and O–H groups in total. The molecule has 0 aromatic heterocycles. The van der Waals surface area contributed by atoms with Crippen LogP contribution in [0, 0.1) is 0 Å². The molecule has 1 amide bonds. The van der Waals surface area contributed by atoms with E-state index in [0.29, 0.717) is 19.4 Å². The zero-order chi connectivity index (χ0) is 11.9. The van der Waals surface area contributed by atoms with Gasteiger partial charge in [0.05, 0.1) is 5.54 Å². The van der Waals surface area contributed by atoms with Crippen LogP contribution in [0.25, 0.3) is 0 Å². The number of hydrogen-bond donors (Lipinski definition) is 1. The van der Waals surface area contributed by atoms with Crippen LogP contribution in [-0.4, -0.2) is 45.7 Å². The highest BCUT2D eigenvalue weighted by Gasteiger charge is 2.52. The summed E-state index contributed by atoms with van der Waals surface area (Å²) >= 11 is 0. The highest BCUT2D eigenvalue weighted by molar-refractivity contribution is 5.87. The van der Waals surface area contributed by atoms with Gasteiger partial charge >= 0.3 is 0 Å². The van der Waals surface area contributed by atoms with Gasteiger partial charge in [0.2, 0.25) is 5.91 Å². The SMILES string of the molecule is CCC1(CC)C(=O)N(C)CC(C)(C)N1O. The van der Waals surface area contributed by atoms with Crippen LogP contribution in [0.5, 0.6) is 0 Å². The molecule has 1 aliphatic rings. The molecule has 0 saturated carbocycles. The highest BCUT2D eigenvalue weighted by atomic mass is 16.5. The molecule has 0 atom stereocenters. The molecule has 0 bridgehead atoms.